The zero-order valence-corrected chi connectivity index (χ0v) is 12.3. The number of hydrogen-bond donors (Lipinski definition) is 1. The molecular formula is C18H18N2O. The lowest BCUT2D eigenvalue weighted by Crippen LogP contribution is -2.11. The van der Waals surface area contributed by atoms with Gasteiger partial charge in [0.15, 0.2) is 0 Å². The average Bonchev–Trinajstić information content (AvgIpc) is 2.82. The lowest BCUT2D eigenvalue weighted by molar-refractivity contribution is 0.102. The lowest BCUT2D eigenvalue weighted by Gasteiger charge is -2.07. The minimum Gasteiger partial charge on any atom is -0.345 e. The Morgan fingerprint density at radius 2 is 1.86 bits per heavy atom. The van der Waals surface area contributed by atoms with E-state index in [9.17, 15) is 4.79 Å². The van der Waals surface area contributed by atoms with Gasteiger partial charge in [0.1, 0.15) is 0 Å². The van der Waals surface area contributed by atoms with Crippen molar-refractivity contribution in [2.75, 3.05) is 5.32 Å². The number of fused-ring (bicyclic) bond motifs is 1. The molecule has 0 aliphatic rings. The number of anilines is 1. The summed E-state index contributed by atoms with van der Waals surface area (Å²) in [6.07, 6.45) is 0. The van der Waals surface area contributed by atoms with Crippen LogP contribution in [0.15, 0.2) is 54.6 Å². The van der Waals surface area contributed by atoms with Crippen molar-refractivity contribution in [3.05, 3.63) is 65.9 Å². The molecule has 21 heavy (non-hydrogen) atoms. The quantitative estimate of drug-likeness (QED) is 0.764. The van der Waals surface area contributed by atoms with E-state index in [1.54, 1.807) is 0 Å². The van der Waals surface area contributed by atoms with Gasteiger partial charge in [-0.1, -0.05) is 18.2 Å². The summed E-state index contributed by atoms with van der Waals surface area (Å²) in [5, 5.41) is 4.10. The highest BCUT2D eigenvalue weighted by Crippen LogP contribution is 2.23. The van der Waals surface area contributed by atoms with Crippen LogP contribution in [0.4, 0.5) is 5.69 Å². The predicted molar refractivity (Wildman–Crippen MR) is 86.7 cm³/mol. The second-order valence-electron chi connectivity index (χ2n) is 5.12. The van der Waals surface area contributed by atoms with Crippen LogP contribution in [0.1, 0.15) is 23.0 Å². The van der Waals surface area contributed by atoms with E-state index in [1.165, 1.54) is 11.2 Å². The van der Waals surface area contributed by atoms with Crippen LogP contribution in [0, 0.1) is 6.92 Å². The minimum atomic E-state index is -0.0819. The number of amides is 1. The molecule has 0 bridgehead atoms. The molecule has 1 heterocycles. The Kier molecular flexibility index (Phi) is 3.48. The van der Waals surface area contributed by atoms with Crippen molar-refractivity contribution < 1.29 is 4.79 Å². The molecule has 0 atom stereocenters. The number of rotatable bonds is 3. The second kappa shape index (κ2) is 5.44. The van der Waals surface area contributed by atoms with E-state index in [0.717, 1.165) is 17.6 Å². The van der Waals surface area contributed by atoms with Gasteiger partial charge in [-0.15, -0.1) is 0 Å². The normalized spacial score (nSPS) is 10.8. The summed E-state index contributed by atoms with van der Waals surface area (Å²) >= 11 is 0. The van der Waals surface area contributed by atoms with Crippen LogP contribution in [0.5, 0.6) is 0 Å². The Hall–Kier alpha value is -2.55. The van der Waals surface area contributed by atoms with Crippen LogP contribution in [-0.4, -0.2) is 10.5 Å². The Morgan fingerprint density at radius 1 is 1.10 bits per heavy atom. The first-order chi connectivity index (χ1) is 10.2. The zero-order valence-electron chi connectivity index (χ0n) is 12.3. The number of hydrogen-bond acceptors (Lipinski definition) is 1. The van der Waals surface area contributed by atoms with Gasteiger partial charge in [-0.05, 0) is 50.2 Å². The van der Waals surface area contributed by atoms with Gasteiger partial charge in [-0.3, -0.25) is 4.79 Å². The molecule has 0 aliphatic carbocycles. The van der Waals surface area contributed by atoms with Gasteiger partial charge >= 0.3 is 0 Å². The van der Waals surface area contributed by atoms with Gasteiger partial charge < -0.3 is 9.88 Å². The number of aryl methyl sites for hydroxylation is 2. The van der Waals surface area contributed by atoms with Gasteiger partial charge in [0.2, 0.25) is 0 Å². The predicted octanol–water partition coefficient (Wildman–Crippen LogP) is 4.22. The van der Waals surface area contributed by atoms with Crippen molar-refractivity contribution >= 4 is 22.5 Å². The summed E-state index contributed by atoms with van der Waals surface area (Å²) in [4.78, 5) is 12.2. The van der Waals surface area contributed by atoms with E-state index in [0.29, 0.717) is 5.56 Å². The minimum absolute atomic E-state index is 0.0819. The van der Waals surface area contributed by atoms with Crippen molar-refractivity contribution in [3.8, 4) is 0 Å². The summed E-state index contributed by atoms with van der Waals surface area (Å²) in [6, 6.07) is 17.4. The number of carbonyl (C=O) groups is 1. The fourth-order valence-electron chi connectivity index (χ4n) is 2.70. The number of nitrogens with one attached hydrogen (secondary N) is 1. The molecule has 3 nitrogen and oxygen atoms in total. The third kappa shape index (κ3) is 2.55. The number of nitrogens with zero attached hydrogens (tertiary/aromatic N) is 1. The SMILES string of the molecule is CCn1c(C)cc2cc(NC(=O)c3ccccc3)ccc21. The van der Waals surface area contributed by atoms with Crippen molar-refractivity contribution in [1.82, 2.24) is 4.57 Å². The maximum Gasteiger partial charge on any atom is 0.255 e. The molecule has 3 heteroatoms. The largest absolute Gasteiger partial charge is 0.345 e. The first-order valence-corrected chi connectivity index (χ1v) is 7.15. The molecule has 2 aromatic carbocycles. The van der Waals surface area contributed by atoms with Crippen LogP contribution < -0.4 is 5.32 Å². The maximum atomic E-state index is 12.2. The van der Waals surface area contributed by atoms with Crippen molar-refractivity contribution in [1.29, 1.82) is 0 Å². The molecule has 0 unspecified atom stereocenters. The number of aromatic nitrogens is 1. The molecule has 1 amide bonds. The third-order valence-electron chi connectivity index (χ3n) is 3.72. The summed E-state index contributed by atoms with van der Waals surface area (Å²) in [5.74, 6) is -0.0819. The molecule has 1 N–H and O–H groups in total. The first-order valence-electron chi connectivity index (χ1n) is 7.15. The molecule has 106 valence electrons. The summed E-state index contributed by atoms with van der Waals surface area (Å²) in [7, 11) is 0. The Labute approximate surface area is 124 Å². The molecule has 3 rings (SSSR count). The van der Waals surface area contributed by atoms with E-state index in [1.807, 2.05) is 42.5 Å². The first kappa shape index (κ1) is 13.4. The van der Waals surface area contributed by atoms with Gasteiger partial charge in [0.25, 0.3) is 5.91 Å². The molecule has 0 radical (unpaired) electrons. The van der Waals surface area contributed by atoms with E-state index < -0.39 is 0 Å². The lowest BCUT2D eigenvalue weighted by atomic mass is 10.2. The molecule has 1 aromatic heterocycles. The van der Waals surface area contributed by atoms with Crippen LogP contribution in [0.3, 0.4) is 0 Å². The average molecular weight is 278 g/mol. The van der Waals surface area contributed by atoms with Crippen molar-refractivity contribution in [2.45, 2.75) is 20.4 Å². The van der Waals surface area contributed by atoms with Crippen molar-refractivity contribution in [3.63, 3.8) is 0 Å². The molecule has 0 saturated heterocycles. The van der Waals surface area contributed by atoms with Crippen molar-refractivity contribution in [2.24, 2.45) is 0 Å². The fourth-order valence-corrected chi connectivity index (χ4v) is 2.70. The Bertz CT molecular complexity index is 788. The fraction of sp³-hybridized carbons (Fsp3) is 0.167. The van der Waals surface area contributed by atoms with Crippen LogP contribution in [-0.2, 0) is 6.54 Å². The van der Waals surface area contributed by atoms with E-state index in [-0.39, 0.29) is 5.91 Å². The standard InChI is InChI=1S/C18H18N2O/c1-3-20-13(2)11-15-12-16(9-10-17(15)20)19-18(21)14-7-5-4-6-8-14/h4-12H,3H2,1-2H3,(H,19,21). The van der Waals surface area contributed by atoms with Crippen LogP contribution >= 0.6 is 0 Å². The smallest absolute Gasteiger partial charge is 0.255 e. The third-order valence-corrected chi connectivity index (χ3v) is 3.72. The maximum absolute atomic E-state index is 12.2. The zero-order chi connectivity index (χ0) is 14.8. The van der Waals surface area contributed by atoms with Gasteiger partial charge in [-0.2, -0.15) is 0 Å². The second-order valence-corrected chi connectivity index (χ2v) is 5.12. The topological polar surface area (TPSA) is 34.0 Å². The summed E-state index contributed by atoms with van der Waals surface area (Å²) < 4.78 is 2.26. The Morgan fingerprint density at radius 3 is 2.57 bits per heavy atom. The monoisotopic (exact) mass is 278 g/mol. The van der Waals surface area contributed by atoms with Crippen LogP contribution in [0.2, 0.25) is 0 Å². The summed E-state index contributed by atoms with van der Waals surface area (Å²) in [6.45, 7) is 5.19. The van der Waals surface area contributed by atoms with Crippen LogP contribution in [0.25, 0.3) is 10.9 Å². The van der Waals surface area contributed by atoms with Gasteiger partial charge in [0, 0.05) is 34.4 Å². The summed E-state index contributed by atoms with van der Waals surface area (Å²) in [5.41, 5.74) is 3.93. The van der Waals surface area contributed by atoms with E-state index in [4.69, 9.17) is 0 Å². The molecule has 0 saturated carbocycles. The highest BCUT2D eigenvalue weighted by atomic mass is 16.1. The molecule has 0 spiro atoms. The van der Waals surface area contributed by atoms with Gasteiger partial charge in [-0.25, -0.2) is 0 Å². The van der Waals surface area contributed by atoms with Gasteiger partial charge in [0.05, 0.1) is 0 Å². The molecule has 0 fully saturated rings. The highest BCUT2D eigenvalue weighted by Gasteiger charge is 2.08. The molecule has 3 aromatic rings. The highest BCUT2D eigenvalue weighted by molar-refractivity contribution is 6.05. The Balaban J connectivity index is 1.90. The van der Waals surface area contributed by atoms with E-state index >= 15 is 0 Å². The number of carbonyl (C=O) groups excluding carboxylic acids is 1. The molecular weight excluding hydrogens is 260 g/mol. The van der Waals surface area contributed by atoms with E-state index in [2.05, 4.69) is 35.9 Å². The molecule has 0 aliphatic heterocycles. The number of benzene rings is 2.